The Balaban J connectivity index is 1.94. The first-order chi connectivity index (χ1) is 9.56. The Morgan fingerprint density at radius 3 is 2.75 bits per heavy atom. The summed E-state index contributed by atoms with van der Waals surface area (Å²) in [5.41, 5.74) is 8.00. The van der Waals surface area contributed by atoms with Crippen molar-refractivity contribution in [1.82, 2.24) is 0 Å². The summed E-state index contributed by atoms with van der Waals surface area (Å²) in [7, 11) is 0. The molecule has 0 aliphatic carbocycles. The molecular formula is C15H15BrN2O2. The van der Waals surface area contributed by atoms with Gasteiger partial charge < -0.3 is 15.8 Å². The van der Waals surface area contributed by atoms with E-state index in [1.807, 2.05) is 37.3 Å². The molecule has 0 aliphatic heterocycles. The first kappa shape index (κ1) is 14.4. The molecule has 2 aromatic rings. The van der Waals surface area contributed by atoms with Gasteiger partial charge in [0.05, 0.1) is 5.69 Å². The van der Waals surface area contributed by atoms with Crippen molar-refractivity contribution in [3.63, 3.8) is 0 Å². The number of amides is 1. The number of nitrogen functional groups attached to an aromatic ring is 1. The van der Waals surface area contributed by atoms with Gasteiger partial charge in [-0.1, -0.05) is 28.1 Å². The lowest BCUT2D eigenvalue weighted by Gasteiger charge is -2.11. The zero-order valence-corrected chi connectivity index (χ0v) is 12.6. The van der Waals surface area contributed by atoms with Gasteiger partial charge in [0, 0.05) is 10.2 Å². The minimum atomic E-state index is -0.223. The second-order valence-corrected chi connectivity index (χ2v) is 5.25. The Hall–Kier alpha value is -2.01. The summed E-state index contributed by atoms with van der Waals surface area (Å²) in [5, 5.41) is 2.80. The first-order valence-electron chi connectivity index (χ1n) is 6.09. The molecular weight excluding hydrogens is 320 g/mol. The van der Waals surface area contributed by atoms with Crippen LogP contribution in [0, 0.1) is 6.92 Å². The van der Waals surface area contributed by atoms with Crippen molar-refractivity contribution in [3.8, 4) is 5.75 Å². The van der Waals surface area contributed by atoms with Crippen molar-refractivity contribution in [2.45, 2.75) is 6.92 Å². The van der Waals surface area contributed by atoms with Crippen LogP contribution < -0.4 is 15.8 Å². The fraction of sp³-hybridized carbons (Fsp3) is 0.133. The van der Waals surface area contributed by atoms with E-state index in [0.29, 0.717) is 11.4 Å². The summed E-state index contributed by atoms with van der Waals surface area (Å²) in [6, 6.07) is 12.7. The Morgan fingerprint density at radius 2 is 2.05 bits per heavy atom. The van der Waals surface area contributed by atoms with Crippen LogP contribution >= 0.6 is 15.9 Å². The summed E-state index contributed by atoms with van der Waals surface area (Å²) in [6.07, 6.45) is 0. The number of anilines is 2. The third-order valence-electron chi connectivity index (χ3n) is 2.74. The molecule has 1 amide bonds. The maximum Gasteiger partial charge on any atom is 0.262 e. The monoisotopic (exact) mass is 334 g/mol. The van der Waals surface area contributed by atoms with Gasteiger partial charge in [0.1, 0.15) is 5.75 Å². The van der Waals surface area contributed by atoms with Crippen LogP contribution in [0.1, 0.15) is 5.56 Å². The number of hydrogen-bond acceptors (Lipinski definition) is 3. The van der Waals surface area contributed by atoms with E-state index in [1.54, 1.807) is 12.1 Å². The van der Waals surface area contributed by atoms with Gasteiger partial charge in [-0.15, -0.1) is 0 Å². The van der Waals surface area contributed by atoms with Crippen LogP contribution in [0.25, 0.3) is 0 Å². The number of ether oxygens (including phenoxy) is 1. The molecule has 2 rings (SSSR count). The summed E-state index contributed by atoms with van der Waals surface area (Å²) in [5.74, 6) is 0.286. The fourth-order valence-electron chi connectivity index (χ4n) is 1.71. The number of carbonyl (C=O) groups is 1. The molecule has 0 aliphatic rings. The molecule has 104 valence electrons. The highest BCUT2D eigenvalue weighted by molar-refractivity contribution is 9.10. The van der Waals surface area contributed by atoms with E-state index in [1.165, 1.54) is 0 Å². The van der Waals surface area contributed by atoms with E-state index in [0.717, 1.165) is 15.7 Å². The zero-order valence-electron chi connectivity index (χ0n) is 11.0. The molecule has 0 unspecified atom stereocenters. The molecule has 0 atom stereocenters. The van der Waals surface area contributed by atoms with Crippen LogP contribution in [0.5, 0.6) is 5.75 Å². The molecule has 0 saturated carbocycles. The summed E-state index contributed by atoms with van der Waals surface area (Å²) >= 11 is 3.38. The van der Waals surface area contributed by atoms with E-state index >= 15 is 0 Å². The molecule has 4 nitrogen and oxygen atoms in total. The van der Waals surface area contributed by atoms with Gasteiger partial charge in [0.2, 0.25) is 0 Å². The number of carbonyl (C=O) groups excluding carboxylic acids is 1. The van der Waals surface area contributed by atoms with Crippen molar-refractivity contribution in [2.75, 3.05) is 17.7 Å². The van der Waals surface area contributed by atoms with Crippen molar-refractivity contribution in [2.24, 2.45) is 0 Å². The molecule has 3 N–H and O–H groups in total. The van der Waals surface area contributed by atoms with Crippen LogP contribution in [0.4, 0.5) is 11.4 Å². The third kappa shape index (κ3) is 3.74. The summed E-state index contributed by atoms with van der Waals surface area (Å²) in [6.45, 7) is 1.85. The predicted octanol–water partition coefficient (Wildman–Crippen LogP) is 3.36. The van der Waals surface area contributed by atoms with E-state index in [-0.39, 0.29) is 12.5 Å². The van der Waals surface area contributed by atoms with Crippen LogP contribution in [0.15, 0.2) is 46.9 Å². The Morgan fingerprint density at radius 1 is 1.30 bits per heavy atom. The lowest BCUT2D eigenvalue weighted by Crippen LogP contribution is -2.20. The van der Waals surface area contributed by atoms with Gasteiger partial charge in [-0.05, 0) is 42.8 Å². The van der Waals surface area contributed by atoms with E-state index in [9.17, 15) is 4.79 Å². The number of nitrogens with two attached hydrogens (primary N) is 1. The molecule has 0 saturated heterocycles. The topological polar surface area (TPSA) is 64.3 Å². The largest absolute Gasteiger partial charge is 0.482 e. The van der Waals surface area contributed by atoms with E-state index in [4.69, 9.17) is 10.5 Å². The number of hydrogen-bond donors (Lipinski definition) is 2. The standard InChI is InChI=1S/C15H15BrN2O2/c1-10-8-11(16)6-7-13(10)18-15(19)9-20-14-5-3-2-4-12(14)17/h2-8H,9,17H2,1H3,(H,18,19). The second kappa shape index (κ2) is 6.43. The lowest BCUT2D eigenvalue weighted by molar-refractivity contribution is -0.118. The highest BCUT2D eigenvalue weighted by Crippen LogP contribution is 2.21. The van der Waals surface area contributed by atoms with Crippen molar-refractivity contribution in [3.05, 3.63) is 52.5 Å². The Kier molecular flexibility index (Phi) is 4.63. The van der Waals surface area contributed by atoms with Crippen molar-refractivity contribution in [1.29, 1.82) is 0 Å². The summed E-state index contributed by atoms with van der Waals surface area (Å²) < 4.78 is 6.36. The maximum absolute atomic E-state index is 11.8. The molecule has 0 spiro atoms. The molecule has 0 fully saturated rings. The van der Waals surface area contributed by atoms with Gasteiger partial charge in [-0.3, -0.25) is 4.79 Å². The van der Waals surface area contributed by atoms with Crippen molar-refractivity contribution >= 4 is 33.2 Å². The predicted molar refractivity (Wildman–Crippen MR) is 83.9 cm³/mol. The number of halogens is 1. The Bertz CT molecular complexity index is 629. The summed E-state index contributed by atoms with van der Waals surface area (Å²) in [4.78, 5) is 11.8. The normalized spacial score (nSPS) is 10.1. The highest BCUT2D eigenvalue weighted by Gasteiger charge is 2.07. The van der Waals surface area contributed by atoms with Gasteiger partial charge in [0.25, 0.3) is 5.91 Å². The third-order valence-corrected chi connectivity index (χ3v) is 3.23. The van der Waals surface area contributed by atoms with Crippen LogP contribution in [-0.4, -0.2) is 12.5 Å². The number of para-hydroxylation sites is 2. The molecule has 0 bridgehead atoms. The van der Waals surface area contributed by atoms with E-state index in [2.05, 4.69) is 21.2 Å². The lowest BCUT2D eigenvalue weighted by atomic mass is 10.2. The number of rotatable bonds is 4. The fourth-order valence-corrected chi connectivity index (χ4v) is 2.18. The maximum atomic E-state index is 11.8. The molecule has 0 heterocycles. The average molecular weight is 335 g/mol. The Labute approximate surface area is 126 Å². The average Bonchev–Trinajstić information content (AvgIpc) is 2.41. The molecule has 0 aromatic heterocycles. The van der Waals surface area contributed by atoms with Crippen LogP contribution in [0.2, 0.25) is 0 Å². The zero-order chi connectivity index (χ0) is 14.5. The first-order valence-corrected chi connectivity index (χ1v) is 6.89. The number of nitrogens with one attached hydrogen (secondary N) is 1. The van der Waals surface area contributed by atoms with Gasteiger partial charge in [-0.25, -0.2) is 0 Å². The van der Waals surface area contributed by atoms with Crippen molar-refractivity contribution < 1.29 is 9.53 Å². The SMILES string of the molecule is Cc1cc(Br)ccc1NC(=O)COc1ccccc1N. The second-order valence-electron chi connectivity index (χ2n) is 4.33. The minimum absolute atomic E-state index is 0.0796. The van der Waals surface area contributed by atoms with Crippen LogP contribution in [-0.2, 0) is 4.79 Å². The minimum Gasteiger partial charge on any atom is -0.482 e. The smallest absolute Gasteiger partial charge is 0.262 e. The van der Waals surface area contributed by atoms with Gasteiger partial charge in [0.15, 0.2) is 6.61 Å². The molecule has 20 heavy (non-hydrogen) atoms. The van der Waals surface area contributed by atoms with Crippen LogP contribution in [0.3, 0.4) is 0 Å². The molecule has 5 heteroatoms. The van der Waals surface area contributed by atoms with E-state index < -0.39 is 0 Å². The highest BCUT2D eigenvalue weighted by atomic mass is 79.9. The molecule has 0 radical (unpaired) electrons. The molecule has 2 aromatic carbocycles. The number of aryl methyl sites for hydroxylation is 1. The van der Waals surface area contributed by atoms with Gasteiger partial charge in [-0.2, -0.15) is 0 Å². The quantitative estimate of drug-likeness (QED) is 0.842. The van der Waals surface area contributed by atoms with Gasteiger partial charge >= 0.3 is 0 Å². The number of benzene rings is 2.